The Kier molecular flexibility index (Phi) is 32.8. The maximum absolute atomic E-state index is 15.2. The first-order valence-electron chi connectivity index (χ1n) is 31.8. The number of likely N-dealkylation sites (N-methyl/N-ethyl adjacent to an activating group) is 7. The van der Waals surface area contributed by atoms with Crippen LogP contribution in [0.1, 0.15) is 170 Å². The van der Waals surface area contributed by atoms with Crippen molar-refractivity contribution in [3.05, 3.63) is 12.2 Å². The van der Waals surface area contributed by atoms with Crippen LogP contribution in [-0.4, -0.2) is 221 Å². The van der Waals surface area contributed by atoms with E-state index in [2.05, 4.69) is 21.3 Å². The van der Waals surface area contributed by atoms with Crippen LogP contribution in [0.2, 0.25) is 0 Å². The third-order valence-electron chi connectivity index (χ3n) is 16.7. The number of nitrogens with one attached hydrogen (secondary N) is 4. The quantitative estimate of drug-likeness (QED) is 0.116. The Morgan fingerprint density at radius 2 is 0.852 bits per heavy atom. The van der Waals surface area contributed by atoms with Crippen LogP contribution in [-0.2, 0) is 57.5 Å². The lowest BCUT2D eigenvalue weighted by molar-refractivity contribution is -0.157. The van der Waals surface area contributed by atoms with Crippen molar-refractivity contribution in [2.75, 3.05) is 55.9 Å². The van der Waals surface area contributed by atoms with Crippen LogP contribution in [0, 0.1) is 47.3 Å². The minimum Gasteiger partial charge on any atom is -0.343 e. The molecule has 0 aliphatic carbocycles. The summed E-state index contributed by atoms with van der Waals surface area (Å²) in [4.78, 5) is 184. The number of Topliss-reactive ketones (excluding diaryl/α,β-unsaturated/α-hetero) is 1. The molecule has 11 amide bonds. The van der Waals surface area contributed by atoms with Gasteiger partial charge in [0.1, 0.15) is 54.4 Å². The molecule has 23 heteroatoms. The fourth-order valence-corrected chi connectivity index (χ4v) is 10.9. The van der Waals surface area contributed by atoms with E-state index in [1.54, 1.807) is 67.5 Å². The molecule has 0 bridgehead atoms. The first-order chi connectivity index (χ1) is 40.6. The SMILES string of the molecule is C/C=C/C[C@@H](C)C(=O)[C@H]1C(=O)N[C@@H](C(C)C)C(=O)N(C)CC(=O)N(C)[C@@H](CCC(C)C)C(=O)N[C@@H](C(C)C)C(=O)N(C)[C@@H](CCC(C)C)C(=O)N[C@@H](C)C(=O)N[C@H](C)C(=O)N(C)[C@@H](CC(C)C)C(=O)N(C)[C@@H](CC(C)C)C(=O)N(C)[C@@H](C(C)C)C(=O)N1C. The molecule has 0 aromatic carbocycles. The second-order valence-corrected chi connectivity index (χ2v) is 27.3. The Labute approximate surface area is 527 Å². The van der Waals surface area contributed by atoms with Crippen molar-refractivity contribution in [3.63, 3.8) is 0 Å². The molecule has 0 radical (unpaired) electrons. The number of amides is 11. The highest BCUT2D eigenvalue weighted by Crippen LogP contribution is 2.25. The fourth-order valence-electron chi connectivity index (χ4n) is 10.9. The van der Waals surface area contributed by atoms with Gasteiger partial charge in [0, 0.05) is 55.3 Å². The van der Waals surface area contributed by atoms with Gasteiger partial charge in [0.25, 0.3) is 5.91 Å². The maximum atomic E-state index is 15.2. The molecule has 1 heterocycles. The van der Waals surface area contributed by atoms with E-state index in [1.807, 2.05) is 55.4 Å². The summed E-state index contributed by atoms with van der Waals surface area (Å²) in [6, 6.07) is -12.7. The normalized spacial score (nSPS) is 26.0. The molecule has 23 nitrogen and oxygen atoms in total. The number of hydrogen-bond acceptors (Lipinski definition) is 12. The lowest BCUT2D eigenvalue weighted by Gasteiger charge is -2.41. The minimum atomic E-state index is -1.82. The second kappa shape index (κ2) is 36.3. The molecule has 88 heavy (non-hydrogen) atoms. The van der Waals surface area contributed by atoms with Crippen LogP contribution >= 0.6 is 0 Å². The molecule has 1 aliphatic heterocycles. The maximum Gasteiger partial charge on any atom is 0.251 e. The largest absolute Gasteiger partial charge is 0.343 e. The van der Waals surface area contributed by atoms with Gasteiger partial charge in [0.2, 0.25) is 59.1 Å². The van der Waals surface area contributed by atoms with Crippen LogP contribution < -0.4 is 21.3 Å². The van der Waals surface area contributed by atoms with Crippen LogP contribution in [0.15, 0.2) is 12.2 Å². The van der Waals surface area contributed by atoms with Crippen molar-refractivity contribution in [1.29, 1.82) is 0 Å². The smallest absolute Gasteiger partial charge is 0.251 e. The summed E-state index contributed by atoms with van der Waals surface area (Å²) >= 11 is 0. The Balaban J connectivity index is 4.40. The van der Waals surface area contributed by atoms with Crippen molar-refractivity contribution in [3.8, 4) is 0 Å². The van der Waals surface area contributed by atoms with E-state index >= 15 is 9.59 Å². The Hall–Kier alpha value is -6.42. The second-order valence-electron chi connectivity index (χ2n) is 27.3. The first kappa shape index (κ1) is 79.6. The highest BCUT2D eigenvalue weighted by molar-refractivity contribution is 6.10. The van der Waals surface area contributed by atoms with E-state index < -0.39 is 161 Å². The lowest BCUT2D eigenvalue weighted by Crippen LogP contribution is -2.63. The molecule has 0 aromatic rings. The van der Waals surface area contributed by atoms with Gasteiger partial charge >= 0.3 is 0 Å². The third kappa shape index (κ3) is 22.6. The Morgan fingerprint density at radius 3 is 1.30 bits per heavy atom. The molecular weight excluding hydrogens is 1130 g/mol. The van der Waals surface area contributed by atoms with Gasteiger partial charge in [0.15, 0.2) is 11.8 Å². The molecule has 0 saturated carbocycles. The molecule has 1 saturated heterocycles. The summed E-state index contributed by atoms with van der Waals surface area (Å²) in [5.41, 5.74) is 0. The van der Waals surface area contributed by atoms with E-state index in [1.165, 1.54) is 87.7 Å². The van der Waals surface area contributed by atoms with Crippen molar-refractivity contribution >= 4 is 70.8 Å². The van der Waals surface area contributed by atoms with Gasteiger partial charge in [-0.3, -0.25) is 57.5 Å². The molecule has 1 rings (SSSR count). The zero-order valence-electron chi connectivity index (χ0n) is 58.2. The number of rotatable bonds is 17. The van der Waals surface area contributed by atoms with Crippen LogP contribution in [0.3, 0.4) is 0 Å². The topological polar surface area (TPSA) is 276 Å². The van der Waals surface area contributed by atoms with Crippen LogP contribution in [0.25, 0.3) is 0 Å². The van der Waals surface area contributed by atoms with Crippen LogP contribution in [0.4, 0.5) is 0 Å². The Morgan fingerprint density at radius 1 is 0.443 bits per heavy atom. The van der Waals surface area contributed by atoms with E-state index in [0.717, 1.165) is 9.80 Å². The highest BCUT2D eigenvalue weighted by Gasteiger charge is 2.46. The number of allylic oxidation sites excluding steroid dienone is 2. The van der Waals surface area contributed by atoms with Gasteiger partial charge in [0.05, 0.1) is 6.54 Å². The number of carbonyl (C=O) groups excluding carboxylic acids is 12. The molecule has 0 unspecified atom stereocenters. The van der Waals surface area contributed by atoms with Crippen molar-refractivity contribution in [2.45, 2.75) is 230 Å². The van der Waals surface area contributed by atoms with Gasteiger partial charge in [-0.2, -0.15) is 0 Å². The van der Waals surface area contributed by atoms with E-state index in [-0.39, 0.29) is 55.8 Å². The average Bonchev–Trinajstić information content (AvgIpc) is 1.38. The highest BCUT2D eigenvalue weighted by atomic mass is 16.2. The predicted molar refractivity (Wildman–Crippen MR) is 341 cm³/mol. The lowest BCUT2D eigenvalue weighted by atomic mass is 9.92. The van der Waals surface area contributed by atoms with Crippen molar-refractivity contribution < 1.29 is 57.5 Å². The standard InChI is InChI=1S/C65H115N11O12/c1-26-27-28-43(16)55(78)54-59(82)69-51(40(10)11)63(86)70(19)35-50(77)71(20)46(31-29-36(2)3)58(81)68-52(41(12)13)64(87)72(21)47(32-30-37(4)5)57(80)66-44(17)56(79)67-45(18)60(83)73(22)48(33-38(6)7)61(84)74(23)49(34-39(8)9)62(85)75(24)53(42(14)15)65(88)76(54)25/h26-27,36-49,51-54H,28-35H2,1-25H3,(H,66,80)(H,67,79)(H,68,81)(H,69,82)/b27-26+/t43-,44+,45-,46+,47+,48+,49+,51+,52+,53+,54+/m1/s1. The monoisotopic (exact) mass is 1240 g/mol. The summed E-state index contributed by atoms with van der Waals surface area (Å²) < 4.78 is 0. The van der Waals surface area contributed by atoms with Crippen LogP contribution in [0.5, 0.6) is 0 Å². The van der Waals surface area contributed by atoms with Gasteiger partial charge in [-0.15, -0.1) is 0 Å². The zero-order valence-corrected chi connectivity index (χ0v) is 58.2. The van der Waals surface area contributed by atoms with E-state index in [4.69, 9.17) is 0 Å². The number of nitrogens with zero attached hydrogens (tertiary/aromatic N) is 7. The average molecular weight is 1240 g/mol. The van der Waals surface area contributed by atoms with Gasteiger partial charge in [-0.05, 0) is 107 Å². The van der Waals surface area contributed by atoms with E-state index in [0.29, 0.717) is 12.8 Å². The molecular formula is C65H115N11O12. The molecule has 4 N–H and O–H groups in total. The van der Waals surface area contributed by atoms with Gasteiger partial charge in [-0.25, -0.2) is 0 Å². The number of carbonyl (C=O) groups is 12. The number of ketones is 1. The van der Waals surface area contributed by atoms with Crippen molar-refractivity contribution in [2.24, 2.45) is 47.3 Å². The summed E-state index contributed by atoms with van der Waals surface area (Å²) in [6.45, 7) is 31.2. The molecule has 0 aromatic heterocycles. The zero-order chi connectivity index (χ0) is 68.3. The Bertz CT molecular complexity index is 2440. The molecule has 502 valence electrons. The summed E-state index contributed by atoms with van der Waals surface area (Å²) in [6.07, 6.45) is 5.33. The molecule has 1 fully saturated rings. The summed E-state index contributed by atoms with van der Waals surface area (Å²) in [7, 11) is 9.85. The van der Waals surface area contributed by atoms with E-state index in [9.17, 15) is 47.9 Å². The first-order valence-corrected chi connectivity index (χ1v) is 31.8. The molecule has 1 aliphatic rings. The molecule has 0 spiro atoms. The summed E-state index contributed by atoms with van der Waals surface area (Å²) in [5, 5.41) is 11.0. The number of hydrogen-bond donors (Lipinski definition) is 4. The predicted octanol–water partition coefficient (Wildman–Crippen LogP) is 4.50. The fraction of sp³-hybridized carbons (Fsp3) is 0.785. The van der Waals surface area contributed by atoms with Gasteiger partial charge in [-0.1, -0.05) is 116 Å². The summed E-state index contributed by atoms with van der Waals surface area (Å²) in [5.74, 6) is -11.0. The van der Waals surface area contributed by atoms with Crippen molar-refractivity contribution in [1.82, 2.24) is 55.6 Å². The molecule has 11 atom stereocenters. The third-order valence-corrected chi connectivity index (χ3v) is 16.7. The minimum absolute atomic E-state index is 0.0879. The van der Waals surface area contributed by atoms with Gasteiger partial charge < -0.3 is 55.6 Å².